The topological polar surface area (TPSA) is 94.5 Å². The van der Waals surface area contributed by atoms with Gasteiger partial charge in [-0.1, -0.05) is 30.3 Å². The lowest BCUT2D eigenvalue weighted by atomic mass is 10.2. The molecular formula is C18H22N2O5S. The van der Waals surface area contributed by atoms with Gasteiger partial charge in [0, 0.05) is 24.9 Å². The number of benzene rings is 1. The van der Waals surface area contributed by atoms with Crippen LogP contribution in [-0.2, 0) is 31.0 Å². The Morgan fingerprint density at radius 3 is 2.42 bits per heavy atom. The molecule has 0 saturated carbocycles. The van der Waals surface area contributed by atoms with Crippen LogP contribution in [0.5, 0.6) is 0 Å². The summed E-state index contributed by atoms with van der Waals surface area (Å²) >= 11 is 0. The number of rotatable bonds is 9. The summed E-state index contributed by atoms with van der Waals surface area (Å²) in [5, 5.41) is 0. The van der Waals surface area contributed by atoms with Crippen molar-refractivity contribution in [2.24, 2.45) is 0 Å². The quantitative estimate of drug-likeness (QED) is 0.674. The second-order valence-electron chi connectivity index (χ2n) is 5.92. The Labute approximate surface area is 153 Å². The molecule has 1 atom stereocenters. The molecule has 0 spiro atoms. The summed E-state index contributed by atoms with van der Waals surface area (Å²) in [5.74, 6) is -1.74. The first-order chi connectivity index (χ1) is 12.4. The van der Waals surface area contributed by atoms with Gasteiger partial charge in [0.1, 0.15) is 6.61 Å². The predicted octanol–water partition coefficient (Wildman–Crippen LogP) is 2.02. The van der Waals surface area contributed by atoms with Crippen molar-refractivity contribution in [3.63, 3.8) is 0 Å². The minimum Gasteiger partial charge on any atom is -0.461 e. The first-order valence-electron chi connectivity index (χ1n) is 8.21. The standard InChI is InChI=1S/C18H22N2O5S/c1-15(20-10-5-6-11-20)13-17(21)19-26(23,24)12-9-18(22)25-14-16-7-3-2-4-8-16/h2-8,10-11,15H,9,12-14H2,1H3,(H,19,21)/t15-/m1/s1. The molecule has 2 aromatic rings. The van der Waals surface area contributed by atoms with E-state index in [1.165, 1.54) is 0 Å². The summed E-state index contributed by atoms with van der Waals surface area (Å²) in [4.78, 5) is 23.6. The average Bonchev–Trinajstić information content (AvgIpc) is 3.13. The second-order valence-corrected chi connectivity index (χ2v) is 7.77. The van der Waals surface area contributed by atoms with Gasteiger partial charge in [-0.2, -0.15) is 0 Å². The molecule has 1 N–H and O–H groups in total. The van der Waals surface area contributed by atoms with Crippen molar-refractivity contribution in [2.45, 2.75) is 32.4 Å². The summed E-state index contributed by atoms with van der Waals surface area (Å²) in [6.07, 6.45) is 3.30. The molecule has 0 radical (unpaired) electrons. The first kappa shape index (κ1) is 19.7. The Morgan fingerprint density at radius 2 is 1.77 bits per heavy atom. The summed E-state index contributed by atoms with van der Waals surface area (Å²) in [5.41, 5.74) is 0.816. The Bertz CT molecular complexity index is 817. The second kappa shape index (κ2) is 9.19. The maximum absolute atomic E-state index is 11.9. The molecule has 0 aliphatic heterocycles. The van der Waals surface area contributed by atoms with E-state index in [2.05, 4.69) is 0 Å². The van der Waals surface area contributed by atoms with Crippen LogP contribution in [0.2, 0.25) is 0 Å². The predicted molar refractivity (Wildman–Crippen MR) is 96.5 cm³/mol. The van der Waals surface area contributed by atoms with Crippen molar-refractivity contribution in [1.82, 2.24) is 9.29 Å². The highest BCUT2D eigenvalue weighted by Gasteiger charge is 2.19. The fourth-order valence-electron chi connectivity index (χ4n) is 2.31. The Morgan fingerprint density at radius 1 is 1.12 bits per heavy atom. The number of aromatic nitrogens is 1. The molecule has 2 rings (SSSR count). The van der Waals surface area contributed by atoms with Crippen LogP contribution in [0.1, 0.15) is 31.4 Å². The van der Waals surface area contributed by atoms with Crippen molar-refractivity contribution in [3.05, 3.63) is 60.4 Å². The molecule has 8 heteroatoms. The molecule has 1 aromatic carbocycles. The summed E-state index contributed by atoms with van der Waals surface area (Å²) < 4.78 is 32.7. The number of ether oxygens (including phenoxy) is 1. The van der Waals surface area contributed by atoms with E-state index in [-0.39, 0.29) is 25.5 Å². The monoisotopic (exact) mass is 378 g/mol. The van der Waals surface area contributed by atoms with Gasteiger partial charge in [0.15, 0.2) is 0 Å². The Balaban J connectivity index is 1.73. The Hall–Kier alpha value is -2.61. The molecule has 0 saturated heterocycles. The van der Waals surface area contributed by atoms with Gasteiger partial charge in [0.2, 0.25) is 15.9 Å². The number of nitrogens with zero attached hydrogens (tertiary/aromatic N) is 1. The van der Waals surface area contributed by atoms with Crippen molar-refractivity contribution in [1.29, 1.82) is 0 Å². The summed E-state index contributed by atoms with van der Waals surface area (Å²) in [7, 11) is -3.88. The fourth-order valence-corrected chi connectivity index (χ4v) is 3.28. The van der Waals surface area contributed by atoms with Gasteiger partial charge in [-0.3, -0.25) is 14.3 Å². The molecular weight excluding hydrogens is 356 g/mol. The number of nitrogens with one attached hydrogen (secondary N) is 1. The zero-order valence-corrected chi connectivity index (χ0v) is 15.3. The maximum atomic E-state index is 11.9. The molecule has 140 valence electrons. The van der Waals surface area contributed by atoms with Gasteiger partial charge in [-0.15, -0.1) is 0 Å². The van der Waals surface area contributed by atoms with Crippen molar-refractivity contribution in [2.75, 3.05) is 5.75 Å². The highest BCUT2D eigenvalue weighted by Crippen LogP contribution is 2.10. The molecule has 7 nitrogen and oxygen atoms in total. The lowest BCUT2D eigenvalue weighted by Gasteiger charge is -2.13. The van der Waals surface area contributed by atoms with E-state index in [1.807, 2.05) is 46.5 Å². The zero-order chi connectivity index (χ0) is 19.0. The molecule has 0 bridgehead atoms. The number of esters is 1. The minimum atomic E-state index is -3.88. The summed E-state index contributed by atoms with van der Waals surface area (Å²) in [6, 6.07) is 12.6. The lowest BCUT2D eigenvalue weighted by Crippen LogP contribution is -2.34. The van der Waals surface area contributed by atoms with Crippen molar-refractivity contribution >= 4 is 21.9 Å². The number of carbonyl (C=O) groups excluding carboxylic acids is 2. The number of carbonyl (C=O) groups is 2. The van der Waals surface area contributed by atoms with E-state index < -0.39 is 27.7 Å². The highest BCUT2D eigenvalue weighted by molar-refractivity contribution is 7.90. The average molecular weight is 378 g/mol. The third kappa shape index (κ3) is 6.72. The number of hydrogen-bond acceptors (Lipinski definition) is 5. The smallest absolute Gasteiger partial charge is 0.307 e. The Kier molecular flexibility index (Phi) is 6.97. The molecule has 0 aliphatic rings. The van der Waals surface area contributed by atoms with Crippen LogP contribution < -0.4 is 4.72 Å². The van der Waals surface area contributed by atoms with Gasteiger partial charge in [-0.25, -0.2) is 8.42 Å². The van der Waals surface area contributed by atoms with Gasteiger partial charge in [-0.05, 0) is 24.6 Å². The first-order valence-corrected chi connectivity index (χ1v) is 9.86. The number of amides is 1. The van der Waals surface area contributed by atoms with Crippen molar-refractivity contribution < 1.29 is 22.7 Å². The van der Waals surface area contributed by atoms with Crippen molar-refractivity contribution in [3.8, 4) is 0 Å². The molecule has 26 heavy (non-hydrogen) atoms. The van der Waals surface area contributed by atoms with E-state index in [0.717, 1.165) is 5.56 Å². The largest absolute Gasteiger partial charge is 0.461 e. The maximum Gasteiger partial charge on any atom is 0.307 e. The highest BCUT2D eigenvalue weighted by atomic mass is 32.2. The molecule has 0 unspecified atom stereocenters. The van der Waals surface area contributed by atoms with Crippen LogP contribution in [0.3, 0.4) is 0 Å². The van der Waals surface area contributed by atoms with Crippen LogP contribution in [-0.4, -0.2) is 30.6 Å². The third-order valence-electron chi connectivity index (χ3n) is 3.70. The molecule has 1 aromatic heterocycles. The lowest BCUT2D eigenvalue weighted by molar-refractivity contribution is -0.144. The van der Waals surface area contributed by atoms with Crippen LogP contribution in [0.15, 0.2) is 54.9 Å². The SMILES string of the molecule is C[C@H](CC(=O)NS(=O)(=O)CCC(=O)OCc1ccccc1)n1cccc1. The van der Waals surface area contributed by atoms with Crippen LogP contribution in [0, 0.1) is 0 Å². The minimum absolute atomic E-state index is 0.0202. The van der Waals surface area contributed by atoms with Gasteiger partial charge in [0.25, 0.3) is 0 Å². The molecule has 0 aliphatic carbocycles. The van der Waals surface area contributed by atoms with E-state index in [4.69, 9.17) is 4.74 Å². The fraction of sp³-hybridized carbons (Fsp3) is 0.333. The molecule has 1 heterocycles. The van der Waals surface area contributed by atoms with Crippen LogP contribution >= 0.6 is 0 Å². The van der Waals surface area contributed by atoms with Crippen LogP contribution in [0.4, 0.5) is 0 Å². The van der Waals surface area contributed by atoms with E-state index in [1.54, 1.807) is 24.5 Å². The van der Waals surface area contributed by atoms with Gasteiger partial charge >= 0.3 is 5.97 Å². The van der Waals surface area contributed by atoms with Crippen LogP contribution in [0.25, 0.3) is 0 Å². The van der Waals surface area contributed by atoms with E-state index >= 15 is 0 Å². The number of hydrogen-bond donors (Lipinski definition) is 1. The summed E-state index contributed by atoms with van der Waals surface area (Å²) in [6.45, 7) is 1.90. The van der Waals surface area contributed by atoms with E-state index in [9.17, 15) is 18.0 Å². The number of sulfonamides is 1. The van der Waals surface area contributed by atoms with Gasteiger partial charge in [0.05, 0.1) is 12.2 Å². The van der Waals surface area contributed by atoms with E-state index in [0.29, 0.717) is 0 Å². The third-order valence-corrected chi connectivity index (χ3v) is 4.98. The molecule has 0 fully saturated rings. The normalized spacial score (nSPS) is 12.3. The zero-order valence-electron chi connectivity index (χ0n) is 14.5. The van der Waals surface area contributed by atoms with Gasteiger partial charge < -0.3 is 9.30 Å². The molecule has 1 amide bonds.